The summed E-state index contributed by atoms with van der Waals surface area (Å²) in [5.74, 6) is 0. The Bertz CT molecular complexity index is 565. The van der Waals surface area contributed by atoms with Crippen molar-refractivity contribution in [2.24, 2.45) is 0 Å². The van der Waals surface area contributed by atoms with Gasteiger partial charge in [-0.2, -0.15) is 0 Å². The van der Waals surface area contributed by atoms with Gasteiger partial charge >= 0.3 is 0 Å². The molecule has 1 aliphatic heterocycles. The largest absolute Gasteiger partial charge is 0.313 e. The maximum atomic E-state index is 12.2. The van der Waals surface area contributed by atoms with Crippen LogP contribution in [0.15, 0.2) is 40.8 Å². The maximum absolute atomic E-state index is 12.2. The van der Waals surface area contributed by atoms with Crippen LogP contribution in [0, 0.1) is 6.92 Å². The minimum absolute atomic E-state index is 0.370. The van der Waals surface area contributed by atoms with E-state index in [2.05, 4.69) is 16.1 Å². The second-order valence-electron chi connectivity index (χ2n) is 4.73. The van der Waals surface area contributed by atoms with Gasteiger partial charge in [0.15, 0.2) is 0 Å². The van der Waals surface area contributed by atoms with Crippen LogP contribution in [0.3, 0.4) is 0 Å². The molecule has 2 rings (SSSR count). The van der Waals surface area contributed by atoms with Gasteiger partial charge in [-0.3, -0.25) is 0 Å². The highest BCUT2D eigenvalue weighted by Crippen LogP contribution is 2.14. The van der Waals surface area contributed by atoms with Crippen LogP contribution in [0.2, 0.25) is 0 Å². The molecular weight excluding hydrogens is 260 g/mol. The third kappa shape index (κ3) is 3.89. The Kier molecular flexibility index (Phi) is 4.74. The summed E-state index contributed by atoms with van der Waals surface area (Å²) in [6.45, 7) is 4.14. The van der Waals surface area contributed by atoms with Gasteiger partial charge in [0, 0.05) is 13.1 Å². The van der Waals surface area contributed by atoms with E-state index < -0.39 is 10.0 Å². The van der Waals surface area contributed by atoms with Gasteiger partial charge in [0.25, 0.3) is 0 Å². The molecule has 0 bridgehead atoms. The van der Waals surface area contributed by atoms with Gasteiger partial charge in [-0.05, 0) is 37.9 Å². The van der Waals surface area contributed by atoms with Crippen LogP contribution >= 0.6 is 0 Å². The zero-order valence-corrected chi connectivity index (χ0v) is 12.0. The van der Waals surface area contributed by atoms with Crippen LogP contribution in [0.5, 0.6) is 0 Å². The lowest BCUT2D eigenvalue weighted by atomic mass is 10.1. The number of sulfonamides is 1. The van der Waals surface area contributed by atoms with Crippen molar-refractivity contribution in [3.8, 4) is 0 Å². The molecule has 5 heteroatoms. The van der Waals surface area contributed by atoms with Crippen molar-refractivity contribution in [2.45, 2.75) is 24.7 Å². The predicted octanol–water partition coefficient (Wildman–Crippen LogP) is 1.58. The molecule has 0 saturated heterocycles. The molecule has 0 spiro atoms. The first-order chi connectivity index (χ1) is 9.09. The van der Waals surface area contributed by atoms with E-state index in [1.165, 1.54) is 5.57 Å². The summed E-state index contributed by atoms with van der Waals surface area (Å²) >= 11 is 0. The molecule has 0 amide bonds. The highest BCUT2D eigenvalue weighted by atomic mass is 32.2. The van der Waals surface area contributed by atoms with Crippen molar-refractivity contribution in [1.82, 2.24) is 10.0 Å². The SMILES string of the molecule is Cc1ccccc1S(=O)(=O)NCCC1=CCNCC1. The second kappa shape index (κ2) is 6.32. The van der Waals surface area contributed by atoms with Crippen molar-refractivity contribution >= 4 is 10.0 Å². The normalized spacial score (nSPS) is 16.2. The topological polar surface area (TPSA) is 58.2 Å². The predicted molar refractivity (Wildman–Crippen MR) is 76.6 cm³/mol. The van der Waals surface area contributed by atoms with Crippen LogP contribution in [-0.4, -0.2) is 28.1 Å². The molecule has 2 N–H and O–H groups in total. The highest BCUT2D eigenvalue weighted by Gasteiger charge is 2.15. The molecular formula is C14H20N2O2S. The summed E-state index contributed by atoms with van der Waals surface area (Å²) in [4.78, 5) is 0.370. The summed E-state index contributed by atoms with van der Waals surface area (Å²) in [5, 5.41) is 3.24. The summed E-state index contributed by atoms with van der Waals surface area (Å²) in [5.41, 5.74) is 2.10. The van der Waals surface area contributed by atoms with Gasteiger partial charge in [0.05, 0.1) is 4.90 Å². The number of hydrogen-bond acceptors (Lipinski definition) is 3. The van der Waals surface area contributed by atoms with Crippen LogP contribution < -0.4 is 10.0 Å². The van der Waals surface area contributed by atoms with E-state index in [-0.39, 0.29) is 0 Å². The van der Waals surface area contributed by atoms with E-state index in [0.717, 1.165) is 31.5 Å². The number of rotatable bonds is 5. The lowest BCUT2D eigenvalue weighted by molar-refractivity contribution is 0.579. The van der Waals surface area contributed by atoms with Crippen molar-refractivity contribution in [3.05, 3.63) is 41.5 Å². The first-order valence-electron chi connectivity index (χ1n) is 6.53. The Morgan fingerprint density at radius 3 is 2.79 bits per heavy atom. The first kappa shape index (κ1) is 14.2. The van der Waals surface area contributed by atoms with E-state index in [9.17, 15) is 8.42 Å². The maximum Gasteiger partial charge on any atom is 0.240 e. The lowest BCUT2D eigenvalue weighted by Gasteiger charge is -2.14. The van der Waals surface area contributed by atoms with Crippen molar-refractivity contribution in [3.63, 3.8) is 0 Å². The Balaban J connectivity index is 1.95. The highest BCUT2D eigenvalue weighted by molar-refractivity contribution is 7.89. The van der Waals surface area contributed by atoms with E-state index >= 15 is 0 Å². The minimum Gasteiger partial charge on any atom is -0.313 e. The molecule has 0 radical (unpaired) electrons. The molecule has 0 saturated carbocycles. The summed E-state index contributed by atoms with van der Waals surface area (Å²) in [7, 11) is -3.38. The number of hydrogen-bond donors (Lipinski definition) is 2. The number of aryl methyl sites for hydroxylation is 1. The standard InChI is InChI=1S/C14H20N2O2S/c1-12-4-2-3-5-14(12)19(17,18)16-11-8-13-6-9-15-10-7-13/h2-6,15-16H,7-11H2,1H3. The molecule has 104 valence electrons. The molecule has 1 heterocycles. The van der Waals surface area contributed by atoms with E-state index in [0.29, 0.717) is 11.4 Å². The molecule has 0 atom stereocenters. The van der Waals surface area contributed by atoms with Crippen LogP contribution in [0.1, 0.15) is 18.4 Å². The van der Waals surface area contributed by atoms with E-state index in [1.807, 2.05) is 19.1 Å². The zero-order valence-electron chi connectivity index (χ0n) is 11.1. The summed E-state index contributed by atoms with van der Waals surface area (Å²) in [6, 6.07) is 7.04. The van der Waals surface area contributed by atoms with Gasteiger partial charge in [-0.1, -0.05) is 29.8 Å². The van der Waals surface area contributed by atoms with E-state index in [1.54, 1.807) is 12.1 Å². The fraction of sp³-hybridized carbons (Fsp3) is 0.429. The third-order valence-corrected chi connectivity index (χ3v) is 4.90. The molecule has 1 aliphatic rings. The Hall–Kier alpha value is -1.17. The fourth-order valence-electron chi connectivity index (χ4n) is 2.18. The van der Waals surface area contributed by atoms with Crippen molar-refractivity contribution in [2.75, 3.05) is 19.6 Å². The Labute approximate surface area is 115 Å². The molecule has 19 heavy (non-hydrogen) atoms. The minimum atomic E-state index is -3.38. The van der Waals surface area contributed by atoms with Gasteiger partial charge in [0.1, 0.15) is 0 Å². The molecule has 0 unspecified atom stereocenters. The smallest absolute Gasteiger partial charge is 0.240 e. The van der Waals surface area contributed by atoms with E-state index in [4.69, 9.17) is 0 Å². The van der Waals surface area contributed by atoms with Gasteiger partial charge in [-0.25, -0.2) is 13.1 Å². The molecule has 0 aromatic heterocycles. The van der Waals surface area contributed by atoms with Crippen LogP contribution in [0.4, 0.5) is 0 Å². The monoisotopic (exact) mass is 280 g/mol. The summed E-state index contributed by atoms with van der Waals surface area (Å²) in [6.07, 6.45) is 3.93. The van der Waals surface area contributed by atoms with Crippen LogP contribution in [-0.2, 0) is 10.0 Å². The number of benzene rings is 1. The van der Waals surface area contributed by atoms with Crippen molar-refractivity contribution < 1.29 is 8.42 Å². The molecule has 4 nitrogen and oxygen atoms in total. The quantitative estimate of drug-likeness (QED) is 0.805. The van der Waals surface area contributed by atoms with Gasteiger partial charge in [0.2, 0.25) is 10.0 Å². The average molecular weight is 280 g/mol. The van der Waals surface area contributed by atoms with Crippen LogP contribution in [0.25, 0.3) is 0 Å². The molecule has 0 fully saturated rings. The Morgan fingerprint density at radius 1 is 1.32 bits per heavy atom. The molecule has 1 aromatic rings. The van der Waals surface area contributed by atoms with Gasteiger partial charge in [-0.15, -0.1) is 0 Å². The fourth-order valence-corrected chi connectivity index (χ4v) is 3.45. The average Bonchev–Trinajstić information content (AvgIpc) is 2.40. The zero-order chi connectivity index (χ0) is 13.7. The first-order valence-corrected chi connectivity index (χ1v) is 8.02. The summed E-state index contributed by atoms with van der Waals surface area (Å²) < 4.78 is 27.0. The van der Waals surface area contributed by atoms with Crippen molar-refractivity contribution in [1.29, 1.82) is 0 Å². The molecule has 0 aliphatic carbocycles. The molecule has 1 aromatic carbocycles. The number of nitrogens with one attached hydrogen (secondary N) is 2. The lowest BCUT2D eigenvalue weighted by Crippen LogP contribution is -2.27. The third-order valence-electron chi connectivity index (χ3n) is 3.28. The Morgan fingerprint density at radius 2 is 2.11 bits per heavy atom. The second-order valence-corrected chi connectivity index (χ2v) is 6.47. The van der Waals surface area contributed by atoms with Gasteiger partial charge < -0.3 is 5.32 Å².